The predicted octanol–water partition coefficient (Wildman–Crippen LogP) is 3.76. The van der Waals surface area contributed by atoms with Crippen molar-refractivity contribution in [1.82, 2.24) is 0 Å². The van der Waals surface area contributed by atoms with Crippen LogP contribution in [0, 0.1) is 5.92 Å². The zero-order chi connectivity index (χ0) is 14.3. The Bertz CT molecular complexity index is 279. The number of hydrogen-bond donors (Lipinski definition) is 1. The van der Waals surface area contributed by atoms with Crippen LogP contribution in [0.3, 0.4) is 0 Å². The summed E-state index contributed by atoms with van der Waals surface area (Å²) in [6.07, 6.45) is 7.70. The van der Waals surface area contributed by atoms with Crippen LogP contribution >= 0.6 is 23.5 Å². The molecule has 1 rings (SSSR count). The first-order chi connectivity index (χ1) is 9.00. The molecule has 0 heterocycles. The molecule has 1 unspecified atom stereocenters. The normalized spacial score (nSPS) is 26.6. The molecule has 2 nitrogen and oxygen atoms in total. The van der Waals surface area contributed by atoms with Crippen molar-refractivity contribution in [3.8, 4) is 0 Å². The van der Waals surface area contributed by atoms with Crippen molar-refractivity contribution >= 4 is 29.3 Å². The molecule has 0 aliphatic heterocycles. The maximum atomic E-state index is 12.0. The molecule has 3 atom stereocenters. The molecule has 0 saturated heterocycles. The van der Waals surface area contributed by atoms with Gasteiger partial charge in [0.1, 0.15) is 5.78 Å². The molecule has 0 amide bonds. The molecule has 0 bridgehead atoms. The lowest BCUT2D eigenvalue weighted by Crippen LogP contribution is -2.26. The molecule has 1 saturated carbocycles. The fourth-order valence-electron chi connectivity index (χ4n) is 2.50. The van der Waals surface area contributed by atoms with Gasteiger partial charge in [0.2, 0.25) is 0 Å². The van der Waals surface area contributed by atoms with E-state index in [1.54, 1.807) is 0 Å². The second-order valence-electron chi connectivity index (χ2n) is 5.79. The van der Waals surface area contributed by atoms with E-state index >= 15 is 0 Å². The van der Waals surface area contributed by atoms with E-state index in [0.717, 1.165) is 37.9 Å². The summed E-state index contributed by atoms with van der Waals surface area (Å²) in [6.45, 7) is 3.93. The van der Waals surface area contributed by atoms with Crippen LogP contribution < -0.4 is 0 Å². The van der Waals surface area contributed by atoms with Crippen molar-refractivity contribution in [2.24, 2.45) is 5.92 Å². The number of carbonyl (C=O) groups excluding carboxylic acids is 1. The van der Waals surface area contributed by atoms with Crippen LogP contribution in [0.25, 0.3) is 0 Å². The quantitative estimate of drug-likeness (QED) is 0.658. The fourth-order valence-corrected chi connectivity index (χ4v) is 4.52. The third kappa shape index (κ3) is 6.09. The second-order valence-corrected chi connectivity index (χ2v) is 8.03. The highest BCUT2D eigenvalue weighted by atomic mass is 32.2. The van der Waals surface area contributed by atoms with Crippen molar-refractivity contribution in [3.05, 3.63) is 0 Å². The van der Waals surface area contributed by atoms with Gasteiger partial charge in [-0.15, -0.1) is 0 Å². The second kappa shape index (κ2) is 8.58. The molecular weight excluding hydrogens is 276 g/mol. The van der Waals surface area contributed by atoms with Crippen molar-refractivity contribution in [3.63, 3.8) is 0 Å². The predicted molar refractivity (Wildman–Crippen MR) is 87.1 cm³/mol. The minimum atomic E-state index is -0.556. The Labute approximate surface area is 126 Å². The van der Waals surface area contributed by atoms with Crippen molar-refractivity contribution in [2.45, 2.75) is 63.2 Å². The van der Waals surface area contributed by atoms with Crippen LogP contribution in [0.1, 0.15) is 52.4 Å². The largest absolute Gasteiger partial charge is 0.390 e. The van der Waals surface area contributed by atoms with Gasteiger partial charge in [0.15, 0.2) is 0 Å². The van der Waals surface area contributed by atoms with E-state index in [1.807, 2.05) is 37.4 Å². The lowest BCUT2D eigenvalue weighted by Gasteiger charge is -2.25. The molecule has 1 aliphatic carbocycles. The third-order valence-electron chi connectivity index (χ3n) is 4.11. The maximum Gasteiger partial charge on any atom is 0.146 e. The summed E-state index contributed by atoms with van der Waals surface area (Å²) in [5, 5.41) is 10.3. The van der Waals surface area contributed by atoms with Gasteiger partial charge < -0.3 is 5.11 Å². The Morgan fingerprint density at radius 2 is 2.16 bits per heavy atom. The number of aliphatic hydroxyl groups is 1. The van der Waals surface area contributed by atoms with E-state index in [1.165, 1.54) is 12.2 Å². The smallest absolute Gasteiger partial charge is 0.146 e. The van der Waals surface area contributed by atoms with Gasteiger partial charge in [0, 0.05) is 6.42 Å². The molecule has 1 fully saturated rings. The summed E-state index contributed by atoms with van der Waals surface area (Å²) in [7, 11) is 0. The highest BCUT2D eigenvalue weighted by Crippen LogP contribution is 2.37. The molecule has 4 heteroatoms. The average molecular weight is 305 g/mol. The van der Waals surface area contributed by atoms with Crippen molar-refractivity contribution in [1.29, 1.82) is 0 Å². The lowest BCUT2D eigenvalue weighted by molar-refractivity contribution is -0.117. The highest BCUT2D eigenvalue weighted by Gasteiger charge is 2.35. The van der Waals surface area contributed by atoms with E-state index in [0.29, 0.717) is 11.7 Å². The van der Waals surface area contributed by atoms with Gasteiger partial charge in [-0.1, -0.05) is 6.92 Å². The number of rotatable bonds is 9. The Balaban J connectivity index is 2.36. The van der Waals surface area contributed by atoms with Gasteiger partial charge in [0.25, 0.3) is 0 Å². The molecule has 1 N–H and O–H groups in total. The minimum Gasteiger partial charge on any atom is -0.390 e. The summed E-state index contributed by atoms with van der Waals surface area (Å²) in [5.41, 5.74) is -0.556. The van der Waals surface area contributed by atoms with E-state index in [-0.39, 0.29) is 5.25 Å². The minimum absolute atomic E-state index is 0.203. The first-order valence-electron chi connectivity index (χ1n) is 7.36. The Morgan fingerprint density at radius 3 is 2.79 bits per heavy atom. The van der Waals surface area contributed by atoms with Crippen LogP contribution in [0.4, 0.5) is 0 Å². The van der Waals surface area contributed by atoms with Gasteiger partial charge in [-0.25, -0.2) is 0 Å². The Morgan fingerprint density at radius 1 is 1.42 bits per heavy atom. The van der Waals surface area contributed by atoms with Crippen LogP contribution in [0.15, 0.2) is 0 Å². The molecule has 0 aromatic heterocycles. The zero-order valence-electron chi connectivity index (χ0n) is 12.5. The van der Waals surface area contributed by atoms with Gasteiger partial charge in [-0.2, -0.15) is 23.5 Å². The van der Waals surface area contributed by atoms with Crippen LogP contribution in [-0.4, -0.2) is 39.5 Å². The van der Waals surface area contributed by atoms with Gasteiger partial charge in [0.05, 0.1) is 10.9 Å². The number of carbonyl (C=O) groups is 1. The summed E-state index contributed by atoms with van der Waals surface area (Å²) in [4.78, 5) is 12.0. The van der Waals surface area contributed by atoms with Crippen LogP contribution in [0.5, 0.6) is 0 Å². The number of thioether (sulfide) groups is 2. The van der Waals surface area contributed by atoms with Crippen LogP contribution in [0.2, 0.25) is 0 Å². The molecule has 19 heavy (non-hydrogen) atoms. The molecule has 0 radical (unpaired) electrons. The molecule has 0 aromatic rings. The first kappa shape index (κ1) is 17.4. The van der Waals surface area contributed by atoms with Crippen LogP contribution in [-0.2, 0) is 4.79 Å². The Kier molecular flexibility index (Phi) is 7.85. The average Bonchev–Trinajstić information content (AvgIpc) is 2.74. The lowest BCUT2D eigenvalue weighted by atomic mass is 9.91. The highest BCUT2D eigenvalue weighted by molar-refractivity contribution is 8.00. The van der Waals surface area contributed by atoms with E-state index < -0.39 is 5.60 Å². The van der Waals surface area contributed by atoms with Gasteiger partial charge in [-0.05, 0) is 62.7 Å². The molecule has 0 spiro atoms. The van der Waals surface area contributed by atoms with E-state index in [4.69, 9.17) is 0 Å². The number of ketones is 1. The Hall–Kier alpha value is 0.330. The maximum absolute atomic E-state index is 12.0. The summed E-state index contributed by atoms with van der Waals surface area (Å²) in [5.74, 6) is 3.21. The SMILES string of the molecule is CCC(C)(O)CC[C@H]1CCC(=O)[C@@H]1SCCCSC. The van der Waals surface area contributed by atoms with Gasteiger partial charge >= 0.3 is 0 Å². The topological polar surface area (TPSA) is 37.3 Å². The standard InChI is InChI=1S/C15H28O2S2/c1-4-15(2,17)9-8-12-6-7-13(16)14(12)19-11-5-10-18-3/h12,14,17H,4-11H2,1-3H3/t12-,14-,15?/m1/s1. The molecular formula is C15H28O2S2. The molecule has 112 valence electrons. The summed E-state index contributed by atoms with van der Waals surface area (Å²) in [6, 6.07) is 0. The van der Waals surface area contributed by atoms with E-state index in [2.05, 4.69) is 6.26 Å². The monoisotopic (exact) mass is 304 g/mol. The zero-order valence-corrected chi connectivity index (χ0v) is 14.1. The van der Waals surface area contributed by atoms with E-state index in [9.17, 15) is 9.90 Å². The van der Waals surface area contributed by atoms with Crippen molar-refractivity contribution < 1.29 is 9.90 Å². The summed E-state index contributed by atoms with van der Waals surface area (Å²) >= 11 is 3.72. The molecule has 0 aromatic carbocycles. The number of hydrogen-bond acceptors (Lipinski definition) is 4. The fraction of sp³-hybridized carbons (Fsp3) is 0.933. The van der Waals surface area contributed by atoms with Crippen molar-refractivity contribution in [2.75, 3.05) is 17.8 Å². The van der Waals surface area contributed by atoms with Gasteiger partial charge in [-0.3, -0.25) is 4.79 Å². The summed E-state index contributed by atoms with van der Waals surface area (Å²) < 4.78 is 0. The first-order valence-corrected chi connectivity index (χ1v) is 9.80. The number of Topliss-reactive ketones (excluding diaryl/α,β-unsaturated/α-hetero) is 1. The third-order valence-corrected chi connectivity index (χ3v) is 6.34. The molecule has 1 aliphatic rings.